The average molecular weight is 289 g/mol. The summed E-state index contributed by atoms with van der Waals surface area (Å²) in [6.07, 6.45) is 3.87. The molecule has 2 aromatic rings. The van der Waals surface area contributed by atoms with Crippen molar-refractivity contribution in [1.82, 2.24) is 5.32 Å². The molecule has 0 atom stereocenters. The SMILES string of the molecule is CCCCOc1ccc(C(=S)NCc2ccco2)cc1. The van der Waals surface area contributed by atoms with Crippen LogP contribution >= 0.6 is 12.2 Å². The summed E-state index contributed by atoms with van der Waals surface area (Å²) in [5, 5.41) is 3.17. The quantitative estimate of drug-likeness (QED) is 0.619. The molecular weight excluding hydrogens is 270 g/mol. The highest BCUT2D eigenvalue weighted by Crippen LogP contribution is 2.13. The fourth-order valence-electron chi connectivity index (χ4n) is 1.72. The molecule has 0 bridgehead atoms. The van der Waals surface area contributed by atoms with Crippen LogP contribution in [0.5, 0.6) is 5.75 Å². The van der Waals surface area contributed by atoms with E-state index >= 15 is 0 Å². The third-order valence-electron chi connectivity index (χ3n) is 2.89. The van der Waals surface area contributed by atoms with Crippen LogP contribution in [-0.4, -0.2) is 11.6 Å². The first-order chi connectivity index (χ1) is 9.79. The van der Waals surface area contributed by atoms with E-state index in [1.165, 1.54) is 0 Å². The van der Waals surface area contributed by atoms with Crippen molar-refractivity contribution in [3.05, 3.63) is 54.0 Å². The molecule has 0 aliphatic carbocycles. The molecule has 1 N–H and O–H groups in total. The molecule has 0 aliphatic rings. The molecule has 1 heterocycles. The molecule has 20 heavy (non-hydrogen) atoms. The van der Waals surface area contributed by atoms with E-state index in [9.17, 15) is 0 Å². The molecule has 1 aromatic heterocycles. The van der Waals surface area contributed by atoms with Gasteiger partial charge in [0.2, 0.25) is 0 Å². The molecule has 0 unspecified atom stereocenters. The van der Waals surface area contributed by atoms with E-state index in [1.807, 2.05) is 36.4 Å². The van der Waals surface area contributed by atoms with Crippen molar-refractivity contribution in [2.75, 3.05) is 6.61 Å². The Morgan fingerprint density at radius 3 is 2.70 bits per heavy atom. The molecular formula is C16H19NO2S. The number of hydrogen-bond acceptors (Lipinski definition) is 3. The van der Waals surface area contributed by atoms with Crippen molar-refractivity contribution in [3.63, 3.8) is 0 Å². The van der Waals surface area contributed by atoms with Crippen LogP contribution in [0.15, 0.2) is 47.1 Å². The molecule has 0 saturated heterocycles. The molecule has 0 fully saturated rings. The summed E-state index contributed by atoms with van der Waals surface area (Å²) in [7, 11) is 0. The van der Waals surface area contributed by atoms with E-state index in [0.29, 0.717) is 11.5 Å². The Balaban J connectivity index is 1.84. The molecule has 0 spiro atoms. The summed E-state index contributed by atoms with van der Waals surface area (Å²) in [6.45, 7) is 3.51. The summed E-state index contributed by atoms with van der Waals surface area (Å²) >= 11 is 5.35. The van der Waals surface area contributed by atoms with Gasteiger partial charge in [0.15, 0.2) is 0 Å². The van der Waals surface area contributed by atoms with Crippen molar-refractivity contribution in [3.8, 4) is 5.75 Å². The molecule has 0 saturated carbocycles. The topological polar surface area (TPSA) is 34.4 Å². The van der Waals surface area contributed by atoms with Gasteiger partial charge in [0.05, 0.1) is 19.4 Å². The lowest BCUT2D eigenvalue weighted by Crippen LogP contribution is -2.21. The first kappa shape index (κ1) is 14.6. The summed E-state index contributed by atoms with van der Waals surface area (Å²) in [4.78, 5) is 0.710. The molecule has 4 heteroatoms. The van der Waals surface area contributed by atoms with Crippen LogP contribution in [0.2, 0.25) is 0 Å². The van der Waals surface area contributed by atoms with Crippen molar-refractivity contribution in [2.24, 2.45) is 0 Å². The minimum atomic E-state index is 0.598. The smallest absolute Gasteiger partial charge is 0.122 e. The minimum Gasteiger partial charge on any atom is -0.494 e. The summed E-state index contributed by atoms with van der Waals surface area (Å²) < 4.78 is 10.9. The van der Waals surface area contributed by atoms with Crippen LogP contribution < -0.4 is 10.1 Å². The van der Waals surface area contributed by atoms with Crippen molar-refractivity contribution in [2.45, 2.75) is 26.3 Å². The maximum absolute atomic E-state index is 5.62. The lowest BCUT2D eigenvalue weighted by molar-refractivity contribution is 0.309. The number of benzene rings is 1. The predicted octanol–water partition coefficient (Wildman–Crippen LogP) is 3.92. The van der Waals surface area contributed by atoms with Gasteiger partial charge in [-0.25, -0.2) is 0 Å². The fraction of sp³-hybridized carbons (Fsp3) is 0.312. The Bertz CT molecular complexity index is 520. The number of unbranched alkanes of at least 4 members (excludes halogenated alkanes) is 1. The van der Waals surface area contributed by atoms with E-state index in [2.05, 4.69) is 12.2 Å². The highest BCUT2D eigenvalue weighted by atomic mass is 32.1. The number of furan rings is 1. The second-order valence-corrected chi connectivity index (χ2v) is 4.90. The maximum atomic E-state index is 5.62. The second kappa shape index (κ2) is 7.70. The number of rotatable bonds is 7. The monoisotopic (exact) mass is 289 g/mol. The summed E-state index contributed by atoms with van der Waals surface area (Å²) in [6, 6.07) is 11.6. The van der Waals surface area contributed by atoms with E-state index in [1.54, 1.807) is 6.26 Å². The van der Waals surface area contributed by atoms with Gasteiger partial charge in [-0.05, 0) is 42.8 Å². The van der Waals surface area contributed by atoms with Gasteiger partial charge in [-0.1, -0.05) is 25.6 Å². The highest BCUT2D eigenvalue weighted by Gasteiger charge is 2.03. The zero-order valence-electron chi connectivity index (χ0n) is 11.6. The molecule has 106 valence electrons. The molecule has 3 nitrogen and oxygen atoms in total. The molecule has 1 aromatic carbocycles. The van der Waals surface area contributed by atoms with Gasteiger partial charge in [0.25, 0.3) is 0 Å². The highest BCUT2D eigenvalue weighted by molar-refractivity contribution is 7.80. The molecule has 0 amide bonds. The van der Waals surface area contributed by atoms with Crippen LogP contribution in [0.3, 0.4) is 0 Å². The predicted molar refractivity (Wildman–Crippen MR) is 84.1 cm³/mol. The Hall–Kier alpha value is -1.81. The van der Waals surface area contributed by atoms with Crippen molar-refractivity contribution < 1.29 is 9.15 Å². The van der Waals surface area contributed by atoms with E-state index in [0.717, 1.165) is 36.5 Å². The Morgan fingerprint density at radius 1 is 1.25 bits per heavy atom. The van der Waals surface area contributed by atoms with Gasteiger partial charge in [-0.15, -0.1) is 0 Å². The van der Waals surface area contributed by atoms with Crippen molar-refractivity contribution in [1.29, 1.82) is 0 Å². The minimum absolute atomic E-state index is 0.598. The lowest BCUT2D eigenvalue weighted by atomic mass is 10.2. The fourth-order valence-corrected chi connectivity index (χ4v) is 1.93. The first-order valence-electron chi connectivity index (χ1n) is 6.83. The zero-order chi connectivity index (χ0) is 14.2. The Kier molecular flexibility index (Phi) is 5.62. The third-order valence-corrected chi connectivity index (χ3v) is 3.27. The number of ether oxygens (including phenoxy) is 1. The maximum Gasteiger partial charge on any atom is 0.122 e. The van der Waals surface area contributed by atoms with Gasteiger partial charge in [0.1, 0.15) is 16.5 Å². The Labute approximate surface area is 124 Å². The molecule has 0 aliphatic heterocycles. The van der Waals surface area contributed by atoms with Crippen LogP contribution in [0.4, 0.5) is 0 Å². The number of thiocarbonyl (C=S) groups is 1. The standard InChI is InChI=1S/C16H19NO2S/c1-2-3-10-18-14-8-6-13(7-9-14)16(20)17-12-15-5-4-11-19-15/h4-9,11H,2-3,10,12H2,1H3,(H,17,20). The van der Waals surface area contributed by atoms with Gasteiger partial charge in [0, 0.05) is 5.56 Å². The zero-order valence-corrected chi connectivity index (χ0v) is 12.4. The molecule has 0 radical (unpaired) electrons. The number of nitrogens with one attached hydrogen (secondary N) is 1. The van der Waals surface area contributed by atoms with Gasteiger partial charge in [-0.2, -0.15) is 0 Å². The third kappa shape index (κ3) is 4.38. The van der Waals surface area contributed by atoms with E-state index < -0.39 is 0 Å². The second-order valence-electron chi connectivity index (χ2n) is 4.49. The van der Waals surface area contributed by atoms with Crippen LogP contribution in [0.1, 0.15) is 31.1 Å². The lowest BCUT2D eigenvalue weighted by Gasteiger charge is -2.08. The largest absolute Gasteiger partial charge is 0.494 e. The first-order valence-corrected chi connectivity index (χ1v) is 7.24. The number of hydrogen-bond donors (Lipinski definition) is 1. The van der Waals surface area contributed by atoms with Crippen LogP contribution in [-0.2, 0) is 6.54 Å². The van der Waals surface area contributed by atoms with Crippen LogP contribution in [0.25, 0.3) is 0 Å². The van der Waals surface area contributed by atoms with Gasteiger partial charge < -0.3 is 14.5 Å². The summed E-state index contributed by atoms with van der Waals surface area (Å²) in [5.74, 6) is 1.75. The van der Waals surface area contributed by atoms with Crippen molar-refractivity contribution >= 4 is 17.2 Å². The van der Waals surface area contributed by atoms with E-state index in [4.69, 9.17) is 21.4 Å². The average Bonchev–Trinajstić information content (AvgIpc) is 2.99. The van der Waals surface area contributed by atoms with Gasteiger partial charge in [-0.3, -0.25) is 0 Å². The van der Waals surface area contributed by atoms with Crippen LogP contribution in [0, 0.1) is 0 Å². The van der Waals surface area contributed by atoms with E-state index in [-0.39, 0.29) is 0 Å². The normalized spacial score (nSPS) is 10.2. The summed E-state index contributed by atoms with van der Waals surface area (Å²) in [5.41, 5.74) is 0.981. The molecule has 2 rings (SSSR count). The van der Waals surface area contributed by atoms with Gasteiger partial charge >= 0.3 is 0 Å². The Morgan fingerprint density at radius 2 is 2.05 bits per heavy atom.